The molecule has 1 aliphatic carbocycles. The monoisotopic (exact) mass is 220 g/mol. The first kappa shape index (κ1) is 11.3. The summed E-state index contributed by atoms with van der Waals surface area (Å²) in [7, 11) is 0. The van der Waals surface area contributed by atoms with E-state index in [0.29, 0.717) is 12.6 Å². The normalized spacial score (nSPS) is 15.9. The Hall–Kier alpha value is -1.22. The standard InChI is InChI=1S/C13H20N2O/c1-10-7-11(14)9-13(8-10)15(5-6-16)12-3-2-4-12/h7-9,12,16H,2-6,14H2,1H3. The van der Waals surface area contributed by atoms with Crippen molar-refractivity contribution in [2.45, 2.75) is 32.2 Å². The maximum atomic E-state index is 9.13. The smallest absolute Gasteiger partial charge is 0.0606 e. The van der Waals surface area contributed by atoms with Gasteiger partial charge in [-0.25, -0.2) is 0 Å². The van der Waals surface area contributed by atoms with Crippen LogP contribution in [0.15, 0.2) is 18.2 Å². The van der Waals surface area contributed by atoms with Gasteiger partial charge in [-0.1, -0.05) is 0 Å². The number of aryl methyl sites for hydroxylation is 1. The van der Waals surface area contributed by atoms with E-state index in [1.165, 1.54) is 24.8 Å². The fraction of sp³-hybridized carbons (Fsp3) is 0.538. The van der Waals surface area contributed by atoms with Gasteiger partial charge in [0.15, 0.2) is 0 Å². The zero-order chi connectivity index (χ0) is 11.5. The van der Waals surface area contributed by atoms with Gasteiger partial charge in [-0.3, -0.25) is 0 Å². The Balaban J connectivity index is 2.22. The van der Waals surface area contributed by atoms with Crippen molar-refractivity contribution in [3.8, 4) is 0 Å². The second kappa shape index (κ2) is 4.74. The second-order valence-corrected chi connectivity index (χ2v) is 4.60. The summed E-state index contributed by atoms with van der Waals surface area (Å²) in [5.74, 6) is 0. The Morgan fingerprint density at radius 1 is 1.38 bits per heavy atom. The summed E-state index contributed by atoms with van der Waals surface area (Å²) in [4.78, 5) is 2.28. The van der Waals surface area contributed by atoms with E-state index in [1.807, 2.05) is 12.1 Å². The number of aliphatic hydroxyl groups excluding tert-OH is 1. The molecule has 0 atom stereocenters. The van der Waals surface area contributed by atoms with Gasteiger partial charge in [-0.05, 0) is 49.9 Å². The lowest BCUT2D eigenvalue weighted by Crippen LogP contribution is -2.42. The number of rotatable bonds is 4. The van der Waals surface area contributed by atoms with Crippen LogP contribution in [0.2, 0.25) is 0 Å². The molecule has 1 fully saturated rings. The highest BCUT2D eigenvalue weighted by Gasteiger charge is 2.24. The van der Waals surface area contributed by atoms with Crippen molar-refractivity contribution in [1.29, 1.82) is 0 Å². The summed E-state index contributed by atoms with van der Waals surface area (Å²) < 4.78 is 0. The predicted molar refractivity (Wildman–Crippen MR) is 67.7 cm³/mol. The third-order valence-electron chi connectivity index (χ3n) is 3.27. The summed E-state index contributed by atoms with van der Waals surface area (Å²) in [6.07, 6.45) is 3.76. The fourth-order valence-electron chi connectivity index (χ4n) is 2.29. The van der Waals surface area contributed by atoms with Crippen LogP contribution in [0.4, 0.5) is 11.4 Å². The van der Waals surface area contributed by atoms with E-state index in [-0.39, 0.29) is 6.61 Å². The molecule has 2 rings (SSSR count). The lowest BCUT2D eigenvalue weighted by molar-refractivity contribution is 0.283. The van der Waals surface area contributed by atoms with Crippen molar-refractivity contribution in [2.75, 3.05) is 23.8 Å². The number of benzene rings is 1. The molecule has 3 nitrogen and oxygen atoms in total. The Morgan fingerprint density at radius 3 is 2.62 bits per heavy atom. The molecule has 1 saturated carbocycles. The number of nitrogens with two attached hydrogens (primary N) is 1. The molecule has 0 radical (unpaired) electrons. The van der Waals surface area contributed by atoms with Crippen molar-refractivity contribution in [1.82, 2.24) is 0 Å². The third-order valence-corrected chi connectivity index (χ3v) is 3.27. The minimum atomic E-state index is 0.199. The van der Waals surface area contributed by atoms with Crippen molar-refractivity contribution in [3.63, 3.8) is 0 Å². The highest BCUT2D eigenvalue weighted by atomic mass is 16.3. The minimum absolute atomic E-state index is 0.199. The molecule has 0 aromatic heterocycles. The first-order valence-electron chi connectivity index (χ1n) is 5.95. The van der Waals surface area contributed by atoms with Gasteiger partial charge in [0.2, 0.25) is 0 Å². The number of anilines is 2. The van der Waals surface area contributed by atoms with E-state index >= 15 is 0 Å². The lowest BCUT2D eigenvalue weighted by atomic mass is 9.91. The number of hydrogen-bond donors (Lipinski definition) is 2. The molecule has 3 heteroatoms. The van der Waals surface area contributed by atoms with E-state index in [9.17, 15) is 0 Å². The van der Waals surface area contributed by atoms with Crippen LogP contribution in [0.3, 0.4) is 0 Å². The molecule has 1 aromatic rings. The maximum Gasteiger partial charge on any atom is 0.0606 e. The van der Waals surface area contributed by atoms with Gasteiger partial charge in [-0.2, -0.15) is 0 Å². The van der Waals surface area contributed by atoms with Gasteiger partial charge in [0.1, 0.15) is 0 Å². The van der Waals surface area contributed by atoms with Gasteiger partial charge in [-0.15, -0.1) is 0 Å². The zero-order valence-electron chi connectivity index (χ0n) is 9.82. The van der Waals surface area contributed by atoms with Gasteiger partial charge < -0.3 is 15.7 Å². The average molecular weight is 220 g/mol. The third kappa shape index (κ3) is 2.30. The van der Waals surface area contributed by atoms with E-state index in [1.54, 1.807) is 0 Å². The molecule has 0 saturated heterocycles. The predicted octanol–water partition coefficient (Wildman–Crippen LogP) is 1.93. The summed E-state index contributed by atoms with van der Waals surface area (Å²) in [6, 6.07) is 6.71. The average Bonchev–Trinajstić information content (AvgIpc) is 2.12. The number of aliphatic hydroxyl groups is 1. The second-order valence-electron chi connectivity index (χ2n) is 4.60. The molecule has 3 N–H and O–H groups in total. The molecule has 88 valence electrons. The van der Waals surface area contributed by atoms with Crippen molar-refractivity contribution >= 4 is 11.4 Å². The molecular formula is C13H20N2O. The molecule has 0 bridgehead atoms. The summed E-state index contributed by atoms with van der Waals surface area (Å²) in [6.45, 7) is 2.95. The van der Waals surface area contributed by atoms with Crippen LogP contribution in [0.25, 0.3) is 0 Å². The van der Waals surface area contributed by atoms with Crippen LogP contribution in [0.1, 0.15) is 24.8 Å². The van der Waals surface area contributed by atoms with Crippen molar-refractivity contribution < 1.29 is 5.11 Å². The van der Waals surface area contributed by atoms with Crippen LogP contribution < -0.4 is 10.6 Å². The first-order chi connectivity index (χ1) is 7.70. The van der Waals surface area contributed by atoms with E-state index in [2.05, 4.69) is 17.9 Å². The van der Waals surface area contributed by atoms with Crippen molar-refractivity contribution in [2.24, 2.45) is 0 Å². The molecule has 0 unspecified atom stereocenters. The van der Waals surface area contributed by atoms with E-state index < -0.39 is 0 Å². The number of hydrogen-bond acceptors (Lipinski definition) is 3. The number of nitrogen functional groups attached to an aromatic ring is 1. The van der Waals surface area contributed by atoms with Crippen LogP contribution in [-0.4, -0.2) is 24.3 Å². The Labute approximate surface area is 96.9 Å². The van der Waals surface area contributed by atoms with Gasteiger partial charge in [0.25, 0.3) is 0 Å². The fourth-order valence-corrected chi connectivity index (χ4v) is 2.29. The van der Waals surface area contributed by atoms with Crippen LogP contribution in [0, 0.1) is 6.92 Å². The van der Waals surface area contributed by atoms with Gasteiger partial charge in [0.05, 0.1) is 6.61 Å². The molecule has 0 aliphatic heterocycles. The highest BCUT2D eigenvalue weighted by molar-refractivity contribution is 5.59. The first-order valence-corrected chi connectivity index (χ1v) is 5.95. The molecule has 16 heavy (non-hydrogen) atoms. The van der Waals surface area contributed by atoms with Crippen molar-refractivity contribution in [3.05, 3.63) is 23.8 Å². The molecule has 0 spiro atoms. The Morgan fingerprint density at radius 2 is 2.12 bits per heavy atom. The Bertz CT molecular complexity index is 341. The molecule has 0 amide bonds. The van der Waals surface area contributed by atoms with E-state index in [4.69, 9.17) is 10.8 Å². The summed E-state index contributed by atoms with van der Waals surface area (Å²) >= 11 is 0. The molecular weight excluding hydrogens is 200 g/mol. The topological polar surface area (TPSA) is 49.5 Å². The minimum Gasteiger partial charge on any atom is -0.399 e. The SMILES string of the molecule is Cc1cc(N)cc(N(CCO)C2CCC2)c1. The largest absolute Gasteiger partial charge is 0.399 e. The van der Waals surface area contributed by atoms with Gasteiger partial charge >= 0.3 is 0 Å². The lowest BCUT2D eigenvalue weighted by Gasteiger charge is -2.39. The number of nitrogens with zero attached hydrogens (tertiary/aromatic N) is 1. The summed E-state index contributed by atoms with van der Waals surface area (Å²) in [5, 5.41) is 9.13. The summed E-state index contributed by atoms with van der Waals surface area (Å²) in [5.41, 5.74) is 8.99. The van der Waals surface area contributed by atoms with Crippen LogP contribution >= 0.6 is 0 Å². The maximum absolute atomic E-state index is 9.13. The van der Waals surface area contributed by atoms with E-state index in [0.717, 1.165) is 11.4 Å². The zero-order valence-corrected chi connectivity index (χ0v) is 9.82. The van der Waals surface area contributed by atoms with Crippen LogP contribution in [-0.2, 0) is 0 Å². The highest BCUT2D eigenvalue weighted by Crippen LogP contribution is 2.30. The molecule has 1 aromatic carbocycles. The van der Waals surface area contributed by atoms with Gasteiger partial charge in [0, 0.05) is 24.0 Å². The molecule has 0 heterocycles. The van der Waals surface area contributed by atoms with Crippen LogP contribution in [0.5, 0.6) is 0 Å². The Kier molecular flexibility index (Phi) is 3.34. The quantitative estimate of drug-likeness (QED) is 0.762. The molecule has 1 aliphatic rings.